The number of para-hydroxylation sites is 1. The molecule has 0 aliphatic heterocycles. The maximum atomic E-state index is 13.4. The van der Waals surface area contributed by atoms with Gasteiger partial charge >= 0.3 is 12.4 Å². The van der Waals surface area contributed by atoms with Crippen LogP contribution in [0.4, 0.5) is 26.3 Å². The van der Waals surface area contributed by atoms with Crippen LogP contribution in [0.5, 0.6) is 0 Å². The van der Waals surface area contributed by atoms with Crippen molar-refractivity contribution in [1.82, 2.24) is 4.98 Å². The molecule has 0 bridgehead atoms. The van der Waals surface area contributed by atoms with Crippen LogP contribution in [0.3, 0.4) is 0 Å². The third-order valence-corrected chi connectivity index (χ3v) is 3.95. The zero-order valence-corrected chi connectivity index (χ0v) is 12.4. The summed E-state index contributed by atoms with van der Waals surface area (Å²) in [5.74, 6) is 0. The molecule has 0 aliphatic rings. The van der Waals surface area contributed by atoms with E-state index in [2.05, 4.69) is 4.98 Å². The monoisotopic (exact) mass is 359 g/mol. The smallest absolute Gasteiger partial charge is 0.369 e. The lowest BCUT2D eigenvalue weighted by molar-refractivity contribution is -0.375. The number of halogens is 6. The lowest BCUT2D eigenvalue weighted by Gasteiger charge is -2.33. The number of alkyl halides is 6. The molecular formula is C17H11F6NO. The van der Waals surface area contributed by atoms with Crippen LogP contribution in [0.1, 0.15) is 5.56 Å². The van der Waals surface area contributed by atoms with Crippen LogP contribution in [-0.4, -0.2) is 22.4 Å². The quantitative estimate of drug-likeness (QED) is 0.610. The Bertz CT molecular complexity index is 881. The molecule has 0 saturated carbocycles. The van der Waals surface area contributed by atoms with Gasteiger partial charge in [0.1, 0.15) is 0 Å². The Kier molecular flexibility index (Phi) is 3.83. The van der Waals surface area contributed by atoms with Crippen LogP contribution in [0.15, 0.2) is 54.6 Å². The highest BCUT2D eigenvalue weighted by Crippen LogP contribution is 2.54. The molecule has 0 fully saturated rings. The van der Waals surface area contributed by atoms with Gasteiger partial charge in [-0.15, -0.1) is 0 Å². The molecule has 0 radical (unpaired) electrons. The summed E-state index contributed by atoms with van der Waals surface area (Å²) in [5, 5.41) is 9.57. The second kappa shape index (κ2) is 5.52. The SMILES string of the molecule is OC(c1c(-c2ccccc2)[nH]c2ccccc12)(C(F)(F)F)C(F)(F)F. The molecule has 0 aliphatic carbocycles. The molecule has 0 amide bonds. The molecular weight excluding hydrogens is 348 g/mol. The van der Waals surface area contributed by atoms with E-state index in [-0.39, 0.29) is 16.5 Å². The van der Waals surface area contributed by atoms with Crippen molar-refractivity contribution in [2.45, 2.75) is 18.0 Å². The van der Waals surface area contributed by atoms with E-state index in [0.29, 0.717) is 0 Å². The minimum Gasteiger partial charge on any atom is -0.369 e. The van der Waals surface area contributed by atoms with Crippen LogP contribution in [0, 0.1) is 0 Å². The number of aromatic nitrogens is 1. The molecule has 2 N–H and O–H groups in total. The van der Waals surface area contributed by atoms with E-state index in [1.807, 2.05) is 0 Å². The van der Waals surface area contributed by atoms with Gasteiger partial charge in [0, 0.05) is 16.5 Å². The number of aliphatic hydroxyl groups is 1. The molecule has 3 rings (SSSR count). The van der Waals surface area contributed by atoms with Crippen LogP contribution in [0.2, 0.25) is 0 Å². The van der Waals surface area contributed by atoms with Gasteiger partial charge in [-0.3, -0.25) is 0 Å². The summed E-state index contributed by atoms with van der Waals surface area (Å²) in [6.07, 6.45) is -11.9. The Morgan fingerprint density at radius 3 is 1.80 bits per heavy atom. The molecule has 0 atom stereocenters. The van der Waals surface area contributed by atoms with Crippen molar-refractivity contribution in [3.63, 3.8) is 0 Å². The first-order chi connectivity index (χ1) is 11.6. The largest absolute Gasteiger partial charge is 0.430 e. The third-order valence-electron chi connectivity index (χ3n) is 3.95. The summed E-state index contributed by atoms with van der Waals surface area (Å²) in [4.78, 5) is 2.57. The Balaban J connectivity index is 2.45. The lowest BCUT2D eigenvalue weighted by Crippen LogP contribution is -2.54. The van der Waals surface area contributed by atoms with E-state index >= 15 is 0 Å². The highest BCUT2D eigenvalue weighted by molar-refractivity contribution is 5.92. The van der Waals surface area contributed by atoms with Gasteiger partial charge in [0.25, 0.3) is 5.60 Å². The Hall–Kier alpha value is -2.48. The molecule has 0 saturated heterocycles. The maximum Gasteiger partial charge on any atom is 0.430 e. The predicted octanol–water partition coefficient (Wildman–Crippen LogP) is 5.15. The average molecular weight is 359 g/mol. The molecule has 2 nitrogen and oxygen atoms in total. The van der Waals surface area contributed by atoms with Crippen LogP contribution in [-0.2, 0) is 5.60 Å². The fourth-order valence-electron chi connectivity index (χ4n) is 2.78. The van der Waals surface area contributed by atoms with Crippen molar-refractivity contribution in [3.05, 3.63) is 60.2 Å². The standard InChI is InChI=1S/C17H11F6NO/c18-16(19,20)15(25,17(21,22)23)13-11-8-4-5-9-12(11)24-14(13)10-6-2-1-3-7-10/h1-9,24-25H. The van der Waals surface area contributed by atoms with Crippen molar-refractivity contribution in [2.75, 3.05) is 0 Å². The normalized spacial score (nSPS) is 13.4. The summed E-state index contributed by atoms with van der Waals surface area (Å²) in [6, 6.07) is 12.5. The highest BCUT2D eigenvalue weighted by atomic mass is 19.4. The van der Waals surface area contributed by atoms with Crippen molar-refractivity contribution in [2.24, 2.45) is 0 Å². The van der Waals surface area contributed by atoms with Gasteiger partial charge in [-0.25, -0.2) is 0 Å². The van der Waals surface area contributed by atoms with Gasteiger partial charge in [0.15, 0.2) is 0 Å². The van der Waals surface area contributed by atoms with E-state index < -0.39 is 29.2 Å². The Morgan fingerprint density at radius 1 is 0.720 bits per heavy atom. The van der Waals surface area contributed by atoms with Crippen LogP contribution < -0.4 is 0 Å². The second-order valence-electron chi connectivity index (χ2n) is 5.49. The summed E-state index contributed by atoms with van der Waals surface area (Å²) in [6.45, 7) is 0. The molecule has 2 aromatic carbocycles. The van der Waals surface area contributed by atoms with Gasteiger partial charge in [-0.1, -0.05) is 48.5 Å². The fourth-order valence-corrected chi connectivity index (χ4v) is 2.78. The number of hydrogen-bond donors (Lipinski definition) is 2. The Labute approximate surface area is 137 Å². The predicted molar refractivity (Wildman–Crippen MR) is 79.7 cm³/mol. The van der Waals surface area contributed by atoms with E-state index in [1.54, 1.807) is 6.07 Å². The number of hydrogen-bond acceptors (Lipinski definition) is 1. The maximum absolute atomic E-state index is 13.4. The summed E-state index contributed by atoms with van der Waals surface area (Å²) >= 11 is 0. The number of nitrogens with one attached hydrogen (secondary N) is 1. The molecule has 8 heteroatoms. The van der Waals surface area contributed by atoms with Crippen molar-refractivity contribution in [3.8, 4) is 11.3 Å². The van der Waals surface area contributed by atoms with Crippen LogP contribution in [0.25, 0.3) is 22.2 Å². The number of H-pyrrole nitrogens is 1. The van der Waals surface area contributed by atoms with E-state index in [1.165, 1.54) is 42.5 Å². The number of aromatic amines is 1. The van der Waals surface area contributed by atoms with Crippen molar-refractivity contribution in [1.29, 1.82) is 0 Å². The second-order valence-corrected chi connectivity index (χ2v) is 5.49. The molecule has 0 spiro atoms. The summed E-state index contributed by atoms with van der Waals surface area (Å²) in [5.41, 5.74) is -6.54. The van der Waals surface area contributed by atoms with Gasteiger partial charge in [-0.05, 0) is 11.6 Å². The van der Waals surface area contributed by atoms with Crippen molar-refractivity contribution < 1.29 is 31.4 Å². The minimum absolute atomic E-state index is 0.0586. The first kappa shape index (κ1) is 17.3. The molecule has 25 heavy (non-hydrogen) atoms. The minimum atomic E-state index is -5.96. The zero-order valence-electron chi connectivity index (χ0n) is 12.4. The molecule has 132 valence electrons. The van der Waals surface area contributed by atoms with Crippen LogP contribution >= 0.6 is 0 Å². The average Bonchev–Trinajstić information content (AvgIpc) is 2.92. The fraction of sp³-hybridized carbons (Fsp3) is 0.176. The number of fused-ring (bicyclic) bond motifs is 1. The topological polar surface area (TPSA) is 36.0 Å². The zero-order chi connectivity index (χ0) is 18.5. The highest BCUT2D eigenvalue weighted by Gasteiger charge is 2.72. The first-order valence-electron chi connectivity index (χ1n) is 7.10. The van der Waals surface area contributed by atoms with Gasteiger partial charge in [0.2, 0.25) is 0 Å². The Morgan fingerprint density at radius 2 is 1.24 bits per heavy atom. The summed E-state index contributed by atoms with van der Waals surface area (Å²) in [7, 11) is 0. The molecule has 3 aromatic rings. The van der Waals surface area contributed by atoms with E-state index in [9.17, 15) is 31.4 Å². The van der Waals surface area contributed by atoms with E-state index in [4.69, 9.17) is 0 Å². The first-order valence-corrected chi connectivity index (χ1v) is 7.10. The molecule has 1 heterocycles. The lowest BCUT2D eigenvalue weighted by atomic mass is 9.87. The molecule has 0 unspecified atom stereocenters. The third kappa shape index (κ3) is 2.57. The number of benzene rings is 2. The summed E-state index contributed by atoms with van der Waals surface area (Å²) < 4.78 is 80.4. The van der Waals surface area contributed by atoms with Gasteiger partial charge in [-0.2, -0.15) is 26.3 Å². The number of rotatable bonds is 2. The molecule has 1 aromatic heterocycles. The van der Waals surface area contributed by atoms with Gasteiger partial charge < -0.3 is 10.1 Å². The van der Waals surface area contributed by atoms with Gasteiger partial charge in [0.05, 0.1) is 5.69 Å². The van der Waals surface area contributed by atoms with E-state index in [0.717, 1.165) is 6.07 Å². The van der Waals surface area contributed by atoms with Crippen molar-refractivity contribution >= 4 is 10.9 Å².